The molecule has 0 saturated heterocycles. The van der Waals surface area contributed by atoms with Gasteiger partial charge in [-0.05, 0) is 37.5 Å². The van der Waals surface area contributed by atoms with Crippen LogP contribution in [0.15, 0.2) is 24.4 Å². The molecule has 2 amide bonds. The maximum absolute atomic E-state index is 11.7. The van der Waals surface area contributed by atoms with Gasteiger partial charge in [0.05, 0.1) is 17.3 Å². The maximum atomic E-state index is 11.7. The number of carbonyl (C=O) groups is 2. The average molecular weight is 434 g/mol. The molecule has 0 aliphatic carbocycles. The number of ether oxygens (including phenoxy) is 1. The van der Waals surface area contributed by atoms with Gasteiger partial charge in [0.1, 0.15) is 12.4 Å². The fourth-order valence-corrected chi connectivity index (χ4v) is 3.51. The van der Waals surface area contributed by atoms with Crippen LogP contribution in [0.25, 0.3) is 0 Å². The largest absolute Gasteiger partial charge is 0.491 e. The van der Waals surface area contributed by atoms with E-state index in [1.165, 1.54) is 6.20 Å². The van der Waals surface area contributed by atoms with Gasteiger partial charge in [0.2, 0.25) is 11.9 Å². The Morgan fingerprint density at radius 2 is 2.07 bits per heavy atom. The molecule has 0 spiro atoms. The lowest BCUT2D eigenvalue weighted by Crippen LogP contribution is -2.19. The lowest BCUT2D eigenvalue weighted by atomic mass is 10.1. The van der Waals surface area contributed by atoms with Crippen molar-refractivity contribution in [2.45, 2.75) is 44.6 Å². The molecule has 1 aliphatic heterocycles. The minimum absolute atomic E-state index is 0.149. The molecule has 5 N–H and O–H groups in total. The van der Waals surface area contributed by atoms with Crippen LogP contribution >= 0.6 is 11.6 Å². The van der Waals surface area contributed by atoms with Gasteiger partial charge in [-0.3, -0.25) is 14.8 Å². The van der Waals surface area contributed by atoms with Crippen LogP contribution in [-0.4, -0.2) is 33.6 Å². The van der Waals surface area contributed by atoms with Crippen LogP contribution in [0.4, 0.5) is 5.95 Å². The van der Waals surface area contributed by atoms with Gasteiger partial charge in [0.25, 0.3) is 5.91 Å². The monoisotopic (exact) mass is 433 g/mol. The molecule has 0 fully saturated rings. The van der Waals surface area contributed by atoms with Gasteiger partial charge in [-0.25, -0.2) is 15.4 Å². The van der Waals surface area contributed by atoms with Gasteiger partial charge >= 0.3 is 0 Å². The number of primary amides is 1. The summed E-state index contributed by atoms with van der Waals surface area (Å²) in [5.74, 6) is 0.186. The van der Waals surface area contributed by atoms with Gasteiger partial charge in [0, 0.05) is 23.2 Å². The fraction of sp³-hybridized carbons (Fsp3) is 0.400. The highest BCUT2D eigenvalue weighted by Gasteiger charge is 2.25. The number of fused-ring (bicyclic) bond motifs is 1. The lowest BCUT2D eigenvalue weighted by Gasteiger charge is -2.14. The van der Waals surface area contributed by atoms with E-state index in [4.69, 9.17) is 27.3 Å². The highest BCUT2D eigenvalue weighted by Crippen LogP contribution is 2.35. The number of amides is 2. The van der Waals surface area contributed by atoms with Gasteiger partial charge in [-0.1, -0.05) is 24.4 Å². The summed E-state index contributed by atoms with van der Waals surface area (Å²) < 4.78 is 5.66. The third kappa shape index (κ3) is 5.58. The summed E-state index contributed by atoms with van der Waals surface area (Å²) in [6.45, 7) is 0.424. The molecule has 0 bridgehead atoms. The molecule has 2 heterocycles. The van der Waals surface area contributed by atoms with Gasteiger partial charge in [-0.2, -0.15) is 0 Å². The normalized spacial score (nSPS) is 14.7. The molecule has 9 nitrogen and oxygen atoms in total. The van der Waals surface area contributed by atoms with E-state index in [0.717, 1.165) is 30.6 Å². The van der Waals surface area contributed by atoms with E-state index < -0.39 is 11.8 Å². The molecule has 10 heteroatoms. The fourth-order valence-electron chi connectivity index (χ4n) is 3.33. The number of benzene rings is 1. The van der Waals surface area contributed by atoms with Crippen LogP contribution in [-0.2, 0) is 11.2 Å². The number of anilines is 1. The molecule has 2 aromatic rings. The first-order valence-electron chi connectivity index (χ1n) is 9.75. The number of hydrogen-bond donors (Lipinski definition) is 4. The molecule has 3 rings (SSSR count). The van der Waals surface area contributed by atoms with Crippen molar-refractivity contribution in [2.24, 2.45) is 5.73 Å². The number of halogens is 1. The van der Waals surface area contributed by atoms with Crippen molar-refractivity contribution in [3.8, 4) is 5.75 Å². The van der Waals surface area contributed by atoms with E-state index in [9.17, 15) is 9.59 Å². The van der Waals surface area contributed by atoms with E-state index in [1.807, 2.05) is 12.1 Å². The predicted molar refractivity (Wildman–Crippen MR) is 111 cm³/mol. The molecular weight excluding hydrogens is 410 g/mol. The molecular formula is C20H24ClN5O4. The third-order valence-corrected chi connectivity index (χ3v) is 5.12. The standard InChI is InChI=1S/C20H24ClN5O4/c21-12-7-8-17-13(9-12)16(11-30-17)25-20-23-10-14(19(22)28)15(24-20)5-3-1-2-4-6-18(27)26-29/h7-10,16,29H,1-6,11H2,(H2,22,28)(H,26,27)(H,23,24,25). The van der Waals surface area contributed by atoms with Gasteiger partial charge in [-0.15, -0.1) is 0 Å². The number of unbranched alkanes of at least 4 members (excludes halogenated alkanes) is 3. The number of nitrogens with zero attached hydrogens (tertiary/aromatic N) is 2. The van der Waals surface area contributed by atoms with Crippen molar-refractivity contribution in [1.29, 1.82) is 0 Å². The number of nitrogens with two attached hydrogens (primary N) is 1. The first kappa shape index (κ1) is 21.8. The Kier molecular flexibility index (Phi) is 7.42. The van der Waals surface area contributed by atoms with Crippen molar-refractivity contribution in [3.63, 3.8) is 0 Å². The van der Waals surface area contributed by atoms with Crippen LogP contribution in [0.2, 0.25) is 5.02 Å². The lowest BCUT2D eigenvalue weighted by molar-refractivity contribution is -0.129. The molecule has 0 saturated carbocycles. The summed E-state index contributed by atoms with van der Waals surface area (Å²) >= 11 is 6.09. The summed E-state index contributed by atoms with van der Waals surface area (Å²) in [5, 5.41) is 12.3. The number of rotatable bonds is 10. The Morgan fingerprint density at radius 1 is 1.27 bits per heavy atom. The van der Waals surface area contributed by atoms with Crippen LogP contribution in [0.5, 0.6) is 5.75 Å². The summed E-state index contributed by atoms with van der Waals surface area (Å²) in [7, 11) is 0. The van der Waals surface area contributed by atoms with Gasteiger partial charge in [0.15, 0.2) is 0 Å². The smallest absolute Gasteiger partial charge is 0.252 e. The van der Waals surface area contributed by atoms with Crippen molar-refractivity contribution in [2.75, 3.05) is 11.9 Å². The van der Waals surface area contributed by atoms with E-state index in [0.29, 0.717) is 41.7 Å². The van der Waals surface area contributed by atoms with Crippen molar-refractivity contribution >= 4 is 29.4 Å². The molecule has 1 aromatic carbocycles. The number of aromatic nitrogens is 2. The SMILES string of the molecule is NC(=O)c1cnc(NC2COc3ccc(Cl)cc32)nc1CCCCCCC(=O)NO. The molecule has 30 heavy (non-hydrogen) atoms. The average Bonchev–Trinajstić information content (AvgIpc) is 3.12. The van der Waals surface area contributed by atoms with Crippen LogP contribution in [0, 0.1) is 0 Å². The Hall–Kier alpha value is -2.91. The zero-order chi connectivity index (χ0) is 21.5. The third-order valence-electron chi connectivity index (χ3n) is 4.88. The number of hydroxylamine groups is 1. The topological polar surface area (TPSA) is 139 Å². The van der Waals surface area contributed by atoms with Crippen LogP contribution in [0.3, 0.4) is 0 Å². The van der Waals surface area contributed by atoms with E-state index in [2.05, 4.69) is 15.3 Å². The maximum Gasteiger partial charge on any atom is 0.252 e. The highest BCUT2D eigenvalue weighted by atomic mass is 35.5. The van der Waals surface area contributed by atoms with Crippen LogP contribution in [0.1, 0.15) is 59.8 Å². The van der Waals surface area contributed by atoms with E-state index in [-0.39, 0.29) is 12.5 Å². The first-order chi connectivity index (χ1) is 14.5. The van der Waals surface area contributed by atoms with Crippen molar-refractivity contribution in [1.82, 2.24) is 15.4 Å². The van der Waals surface area contributed by atoms with Crippen molar-refractivity contribution in [3.05, 3.63) is 46.2 Å². The number of nitrogens with one attached hydrogen (secondary N) is 2. The quantitative estimate of drug-likeness (QED) is 0.256. The molecule has 1 atom stereocenters. The Morgan fingerprint density at radius 3 is 2.83 bits per heavy atom. The zero-order valence-corrected chi connectivity index (χ0v) is 17.1. The summed E-state index contributed by atoms with van der Waals surface area (Å²) in [6.07, 6.45) is 5.41. The Labute approximate surface area is 178 Å². The molecule has 1 unspecified atom stereocenters. The molecule has 1 aromatic heterocycles. The van der Waals surface area contributed by atoms with Crippen LogP contribution < -0.4 is 21.3 Å². The first-order valence-corrected chi connectivity index (χ1v) is 10.1. The Balaban J connectivity index is 1.62. The minimum Gasteiger partial charge on any atom is -0.491 e. The molecule has 160 valence electrons. The second kappa shape index (κ2) is 10.2. The Bertz CT molecular complexity index is 924. The second-order valence-electron chi connectivity index (χ2n) is 7.06. The number of hydrogen-bond acceptors (Lipinski definition) is 7. The molecule has 0 radical (unpaired) electrons. The van der Waals surface area contributed by atoms with Gasteiger partial charge < -0.3 is 15.8 Å². The number of aryl methyl sites for hydroxylation is 1. The zero-order valence-electron chi connectivity index (χ0n) is 16.4. The minimum atomic E-state index is -0.572. The number of carbonyl (C=O) groups excluding carboxylic acids is 2. The van der Waals surface area contributed by atoms with E-state index in [1.54, 1.807) is 11.5 Å². The summed E-state index contributed by atoms with van der Waals surface area (Å²) in [4.78, 5) is 31.5. The van der Waals surface area contributed by atoms with E-state index >= 15 is 0 Å². The molecule has 1 aliphatic rings. The second-order valence-corrected chi connectivity index (χ2v) is 7.49. The summed E-state index contributed by atoms with van der Waals surface area (Å²) in [6, 6.07) is 5.29. The highest BCUT2D eigenvalue weighted by molar-refractivity contribution is 6.30. The summed E-state index contributed by atoms with van der Waals surface area (Å²) in [5.41, 5.74) is 8.89. The predicted octanol–water partition coefficient (Wildman–Crippen LogP) is 2.77. The van der Waals surface area contributed by atoms with Crippen molar-refractivity contribution < 1.29 is 19.5 Å².